The quantitative estimate of drug-likeness (QED) is 0.488. The van der Waals surface area contributed by atoms with Crippen LogP contribution in [0.5, 0.6) is 0 Å². The Morgan fingerprint density at radius 2 is 1.86 bits per heavy atom. The van der Waals surface area contributed by atoms with Crippen LogP contribution in [0.2, 0.25) is 0 Å². The number of hydrogen-bond acceptors (Lipinski definition) is 4. The number of nitrogens with zero attached hydrogens (tertiary/aromatic N) is 1. The van der Waals surface area contributed by atoms with E-state index in [1.54, 1.807) is 12.1 Å². The maximum absolute atomic E-state index is 13.6. The molecule has 3 N–H and O–H groups in total. The Hall–Kier alpha value is -2.19. The lowest BCUT2D eigenvalue weighted by Gasteiger charge is -2.40. The van der Waals surface area contributed by atoms with Crippen LogP contribution in [0.4, 0.5) is 14.9 Å². The van der Waals surface area contributed by atoms with Crippen LogP contribution in [0.25, 0.3) is 0 Å². The predicted molar refractivity (Wildman–Crippen MR) is 139 cm³/mol. The van der Waals surface area contributed by atoms with Crippen molar-refractivity contribution in [1.82, 2.24) is 15.5 Å². The zero-order valence-corrected chi connectivity index (χ0v) is 21.8. The first kappa shape index (κ1) is 26.9. The van der Waals surface area contributed by atoms with Crippen LogP contribution in [0.1, 0.15) is 65.2 Å². The summed E-state index contributed by atoms with van der Waals surface area (Å²) in [4.78, 5) is 28.2. The molecule has 1 aromatic carbocycles. The number of halogens is 1. The molecule has 3 fully saturated rings. The minimum atomic E-state index is -0.405. The van der Waals surface area contributed by atoms with Gasteiger partial charge in [-0.15, -0.1) is 0 Å². The fourth-order valence-electron chi connectivity index (χ4n) is 5.95. The van der Waals surface area contributed by atoms with Gasteiger partial charge in [0, 0.05) is 24.7 Å². The molecule has 1 aromatic rings. The summed E-state index contributed by atoms with van der Waals surface area (Å²) in [5.41, 5.74) is 0.395. The third-order valence-corrected chi connectivity index (χ3v) is 8.40. The molecule has 36 heavy (non-hydrogen) atoms. The fraction of sp³-hybridized carbons (Fsp3) is 0.714. The lowest BCUT2D eigenvalue weighted by Crippen LogP contribution is -2.52. The smallest absolute Gasteiger partial charge is 0.319 e. The number of anilines is 1. The van der Waals surface area contributed by atoms with Crippen LogP contribution in [-0.2, 0) is 9.53 Å². The molecule has 2 aliphatic carbocycles. The van der Waals surface area contributed by atoms with E-state index in [1.165, 1.54) is 25.0 Å². The van der Waals surface area contributed by atoms with Gasteiger partial charge in [0.1, 0.15) is 5.82 Å². The molecule has 1 aliphatic heterocycles. The molecule has 1 saturated heterocycles. The molecule has 6 unspecified atom stereocenters. The Balaban J connectivity index is 1.34. The highest BCUT2D eigenvalue weighted by Gasteiger charge is 2.38. The molecule has 3 aliphatic rings. The molecular formula is C28H43FN4O3. The van der Waals surface area contributed by atoms with Crippen LogP contribution < -0.4 is 16.0 Å². The van der Waals surface area contributed by atoms with E-state index < -0.39 is 11.8 Å². The van der Waals surface area contributed by atoms with Gasteiger partial charge in [0.05, 0.1) is 18.2 Å². The third-order valence-electron chi connectivity index (χ3n) is 8.40. The number of ether oxygens (including phenoxy) is 1. The highest BCUT2D eigenvalue weighted by molar-refractivity contribution is 5.89. The van der Waals surface area contributed by atoms with E-state index in [0.717, 1.165) is 51.7 Å². The maximum Gasteiger partial charge on any atom is 0.319 e. The molecule has 0 bridgehead atoms. The van der Waals surface area contributed by atoms with Crippen LogP contribution in [0.15, 0.2) is 24.3 Å². The van der Waals surface area contributed by atoms with Crippen molar-refractivity contribution in [3.8, 4) is 0 Å². The standard InChI is InChI=1S/C28H43FN4O3/c1-19-8-10-24(16-20(19)2)36-26-11-9-21(27(34)30-12-15-33-13-3-4-14-33)17-25(26)32-28(35)31-23-7-5-6-22(29)18-23/h5-7,18-21,24-26H,3-4,8-17H2,1-2H3,(H,30,34)(H2,31,32,35). The van der Waals surface area contributed by atoms with Crippen molar-refractivity contribution in [3.05, 3.63) is 30.1 Å². The van der Waals surface area contributed by atoms with Gasteiger partial charge in [-0.1, -0.05) is 19.9 Å². The summed E-state index contributed by atoms with van der Waals surface area (Å²) in [5, 5.41) is 8.89. The molecule has 0 spiro atoms. The van der Waals surface area contributed by atoms with E-state index in [2.05, 4.69) is 34.7 Å². The van der Waals surface area contributed by atoms with E-state index >= 15 is 0 Å². The predicted octanol–water partition coefficient (Wildman–Crippen LogP) is 4.54. The average Bonchev–Trinajstić information content (AvgIpc) is 3.36. The van der Waals surface area contributed by atoms with Crippen LogP contribution in [0.3, 0.4) is 0 Å². The first-order valence-electron chi connectivity index (χ1n) is 13.9. The monoisotopic (exact) mass is 502 g/mol. The van der Waals surface area contributed by atoms with Gasteiger partial charge < -0.3 is 25.6 Å². The molecule has 6 atom stereocenters. The molecule has 4 rings (SSSR count). The normalized spacial score (nSPS) is 31.1. The van der Waals surface area contributed by atoms with E-state index in [-0.39, 0.29) is 30.1 Å². The number of rotatable bonds is 8. The zero-order valence-electron chi connectivity index (χ0n) is 21.8. The number of amides is 3. The molecular weight excluding hydrogens is 459 g/mol. The Kier molecular flexibility index (Phi) is 9.60. The van der Waals surface area contributed by atoms with Crippen LogP contribution in [0, 0.1) is 23.6 Å². The lowest BCUT2D eigenvalue weighted by molar-refractivity contribution is -0.129. The van der Waals surface area contributed by atoms with Crippen molar-refractivity contribution >= 4 is 17.6 Å². The Bertz CT molecular complexity index is 878. The minimum absolute atomic E-state index is 0.0603. The number of hydrogen-bond donors (Lipinski definition) is 3. The summed E-state index contributed by atoms with van der Waals surface area (Å²) in [6.45, 7) is 8.36. The highest BCUT2D eigenvalue weighted by Crippen LogP contribution is 2.34. The van der Waals surface area contributed by atoms with E-state index in [0.29, 0.717) is 30.5 Å². The molecule has 1 heterocycles. The fourth-order valence-corrected chi connectivity index (χ4v) is 5.95. The SMILES string of the molecule is CC1CCC(OC2CCC(C(=O)NCCN3CCCC3)CC2NC(=O)Nc2cccc(F)c2)CC1C. The Morgan fingerprint density at radius 3 is 2.61 bits per heavy atom. The summed E-state index contributed by atoms with van der Waals surface area (Å²) >= 11 is 0. The number of nitrogens with one attached hydrogen (secondary N) is 3. The maximum atomic E-state index is 13.6. The summed E-state index contributed by atoms with van der Waals surface area (Å²) in [6, 6.07) is 5.16. The van der Waals surface area contributed by atoms with E-state index in [1.807, 2.05) is 0 Å². The van der Waals surface area contributed by atoms with Crippen molar-refractivity contribution < 1.29 is 18.7 Å². The molecule has 0 aromatic heterocycles. The van der Waals surface area contributed by atoms with Gasteiger partial charge in [0.2, 0.25) is 5.91 Å². The third kappa shape index (κ3) is 7.65. The Morgan fingerprint density at radius 1 is 1.06 bits per heavy atom. The molecule has 7 nitrogen and oxygen atoms in total. The molecule has 200 valence electrons. The van der Waals surface area contributed by atoms with E-state index in [9.17, 15) is 14.0 Å². The van der Waals surface area contributed by atoms with Crippen molar-refractivity contribution in [2.24, 2.45) is 17.8 Å². The van der Waals surface area contributed by atoms with Crippen molar-refractivity contribution in [3.63, 3.8) is 0 Å². The summed E-state index contributed by atoms with van der Waals surface area (Å²) in [6.07, 6.45) is 7.76. The van der Waals surface area contributed by atoms with Crippen molar-refractivity contribution in [2.45, 2.75) is 83.5 Å². The zero-order chi connectivity index (χ0) is 25.5. The van der Waals surface area contributed by atoms with E-state index in [4.69, 9.17) is 4.74 Å². The van der Waals surface area contributed by atoms with Gasteiger partial charge in [-0.2, -0.15) is 0 Å². The minimum Gasteiger partial charge on any atom is -0.373 e. The topological polar surface area (TPSA) is 82.7 Å². The second kappa shape index (κ2) is 12.9. The van der Waals surface area contributed by atoms with Gasteiger partial charge >= 0.3 is 6.03 Å². The second-order valence-corrected chi connectivity index (χ2v) is 11.1. The molecule has 3 amide bonds. The molecule has 0 radical (unpaired) electrons. The van der Waals surface area contributed by atoms with Crippen LogP contribution >= 0.6 is 0 Å². The first-order valence-corrected chi connectivity index (χ1v) is 13.9. The Labute approximate surface area is 214 Å². The number of carbonyl (C=O) groups excluding carboxylic acids is 2. The lowest BCUT2D eigenvalue weighted by atomic mass is 9.79. The number of likely N-dealkylation sites (tertiary alicyclic amines) is 1. The summed E-state index contributed by atoms with van der Waals surface area (Å²) in [7, 11) is 0. The number of carbonyl (C=O) groups is 2. The largest absolute Gasteiger partial charge is 0.373 e. The molecule has 8 heteroatoms. The van der Waals surface area contributed by atoms with Gasteiger partial charge in [0.25, 0.3) is 0 Å². The van der Waals surface area contributed by atoms with Crippen LogP contribution in [-0.4, -0.2) is 61.3 Å². The molecule has 2 saturated carbocycles. The van der Waals surface area contributed by atoms with Gasteiger partial charge in [-0.25, -0.2) is 9.18 Å². The van der Waals surface area contributed by atoms with Gasteiger partial charge in [-0.3, -0.25) is 4.79 Å². The van der Waals surface area contributed by atoms with Crippen molar-refractivity contribution in [1.29, 1.82) is 0 Å². The average molecular weight is 503 g/mol. The van der Waals surface area contributed by atoms with Gasteiger partial charge in [0.15, 0.2) is 0 Å². The summed E-state index contributed by atoms with van der Waals surface area (Å²) in [5.74, 6) is 0.816. The first-order chi connectivity index (χ1) is 17.4. The number of urea groups is 1. The number of benzene rings is 1. The highest BCUT2D eigenvalue weighted by atomic mass is 19.1. The summed E-state index contributed by atoms with van der Waals surface area (Å²) < 4.78 is 20.1. The van der Waals surface area contributed by atoms with Crippen molar-refractivity contribution in [2.75, 3.05) is 31.5 Å². The second-order valence-electron chi connectivity index (χ2n) is 11.1. The van der Waals surface area contributed by atoms with Gasteiger partial charge in [-0.05, 0) is 94.5 Å².